The van der Waals surface area contributed by atoms with E-state index in [0.717, 1.165) is 38.1 Å². The maximum Gasteiger partial charge on any atom is 0.248 e. The number of tetrazole rings is 1. The number of amides is 1. The molecule has 1 N–H and O–H groups in total. The Bertz CT molecular complexity index is 561. The molecule has 0 aromatic carbocycles. The number of carbonyl (C=O) groups is 1. The molecule has 1 amide bonds. The van der Waals surface area contributed by atoms with E-state index in [1.54, 1.807) is 11.0 Å². The van der Waals surface area contributed by atoms with E-state index >= 15 is 0 Å². The minimum atomic E-state index is -0.574. The van der Waals surface area contributed by atoms with Crippen molar-refractivity contribution in [1.82, 2.24) is 25.5 Å². The van der Waals surface area contributed by atoms with E-state index in [1.807, 2.05) is 0 Å². The quantitative estimate of drug-likeness (QED) is 0.859. The first-order chi connectivity index (χ1) is 10.8. The van der Waals surface area contributed by atoms with E-state index in [2.05, 4.69) is 33.0 Å². The van der Waals surface area contributed by atoms with Crippen molar-refractivity contribution in [3.63, 3.8) is 0 Å². The van der Waals surface area contributed by atoms with Crippen LogP contribution in [0.1, 0.15) is 44.9 Å². The van der Waals surface area contributed by atoms with Gasteiger partial charge in [0.25, 0.3) is 0 Å². The van der Waals surface area contributed by atoms with Crippen molar-refractivity contribution in [2.24, 2.45) is 17.8 Å². The highest BCUT2D eigenvalue weighted by molar-refractivity contribution is 5.84. The fourth-order valence-electron chi connectivity index (χ4n) is 4.57. The number of aromatic nitrogens is 4. The zero-order chi connectivity index (χ0) is 15.0. The number of fused-ring (bicyclic) bond motifs is 2. The molecule has 6 nitrogen and oxygen atoms in total. The van der Waals surface area contributed by atoms with E-state index < -0.39 is 5.54 Å². The molecule has 1 aromatic heterocycles. The summed E-state index contributed by atoms with van der Waals surface area (Å²) in [5, 5.41) is 14.7. The van der Waals surface area contributed by atoms with E-state index in [9.17, 15) is 4.79 Å². The van der Waals surface area contributed by atoms with Gasteiger partial charge in [-0.05, 0) is 53.9 Å². The normalized spacial score (nSPS) is 32.3. The summed E-state index contributed by atoms with van der Waals surface area (Å²) in [5.74, 6) is 2.12. The van der Waals surface area contributed by atoms with Gasteiger partial charge in [-0.1, -0.05) is 31.4 Å². The molecule has 2 fully saturated rings. The Kier molecular flexibility index (Phi) is 3.47. The van der Waals surface area contributed by atoms with E-state index in [0.29, 0.717) is 11.8 Å². The smallest absolute Gasteiger partial charge is 0.248 e. The molecule has 3 atom stereocenters. The number of carbonyl (C=O) groups excluding carboxylic acids is 1. The number of nitrogens with one attached hydrogen (secondary N) is 1. The minimum Gasteiger partial charge on any atom is -0.354 e. The van der Waals surface area contributed by atoms with Gasteiger partial charge in [0, 0.05) is 6.54 Å². The first-order valence-electron chi connectivity index (χ1n) is 8.48. The van der Waals surface area contributed by atoms with Gasteiger partial charge < -0.3 is 5.32 Å². The van der Waals surface area contributed by atoms with Crippen LogP contribution in [0, 0.1) is 17.8 Å². The first-order valence-corrected chi connectivity index (χ1v) is 8.48. The van der Waals surface area contributed by atoms with Crippen LogP contribution in [0.2, 0.25) is 0 Å². The predicted molar refractivity (Wildman–Crippen MR) is 80.7 cm³/mol. The van der Waals surface area contributed by atoms with Crippen molar-refractivity contribution >= 4 is 5.91 Å². The van der Waals surface area contributed by atoms with Gasteiger partial charge in [-0.25, -0.2) is 4.68 Å². The summed E-state index contributed by atoms with van der Waals surface area (Å²) in [7, 11) is 0. The number of hydrogen-bond donors (Lipinski definition) is 1. The summed E-state index contributed by atoms with van der Waals surface area (Å²) < 4.78 is 1.68. The predicted octanol–water partition coefficient (Wildman–Crippen LogP) is 1.66. The Labute approximate surface area is 130 Å². The van der Waals surface area contributed by atoms with Crippen LogP contribution in [-0.2, 0) is 10.3 Å². The van der Waals surface area contributed by atoms with Crippen LogP contribution in [0.3, 0.4) is 0 Å². The lowest BCUT2D eigenvalue weighted by atomic mass is 9.80. The third-order valence-electron chi connectivity index (χ3n) is 5.83. The summed E-state index contributed by atoms with van der Waals surface area (Å²) in [6, 6.07) is 0. The molecule has 0 saturated heterocycles. The average molecular weight is 301 g/mol. The molecule has 4 rings (SSSR count). The molecule has 0 unspecified atom stereocenters. The molecule has 0 radical (unpaired) electrons. The Morgan fingerprint density at radius 1 is 1.23 bits per heavy atom. The molecule has 6 heteroatoms. The maximum absolute atomic E-state index is 12.9. The van der Waals surface area contributed by atoms with Crippen molar-refractivity contribution in [3.05, 3.63) is 18.5 Å². The van der Waals surface area contributed by atoms with Gasteiger partial charge in [0.1, 0.15) is 11.9 Å². The fraction of sp³-hybridized carbons (Fsp3) is 0.750. The van der Waals surface area contributed by atoms with Crippen LogP contribution < -0.4 is 5.32 Å². The molecule has 2 bridgehead atoms. The zero-order valence-corrected chi connectivity index (χ0v) is 12.8. The molecule has 1 aromatic rings. The molecule has 1 heterocycles. The lowest BCUT2D eigenvalue weighted by Gasteiger charge is -2.35. The van der Waals surface area contributed by atoms with Crippen LogP contribution in [0.25, 0.3) is 0 Å². The van der Waals surface area contributed by atoms with Crippen LogP contribution in [-0.4, -0.2) is 32.7 Å². The lowest BCUT2D eigenvalue weighted by Crippen LogP contribution is -2.51. The standard InChI is InChI=1S/C16H23N5O/c22-15(17-10-14-9-12-4-5-13(14)8-12)16(6-2-1-3-7-16)21-11-18-19-20-21/h4-5,11-14H,1-3,6-10H2,(H,17,22)/t12-,13-,14-/m0/s1. The molecule has 0 spiro atoms. The summed E-state index contributed by atoms with van der Waals surface area (Å²) in [4.78, 5) is 12.9. The van der Waals surface area contributed by atoms with Crippen LogP contribution in [0.15, 0.2) is 18.5 Å². The number of allylic oxidation sites excluding steroid dienone is 2. The largest absolute Gasteiger partial charge is 0.354 e. The topological polar surface area (TPSA) is 72.7 Å². The van der Waals surface area contributed by atoms with E-state index in [-0.39, 0.29) is 5.91 Å². The maximum atomic E-state index is 12.9. The van der Waals surface area contributed by atoms with Gasteiger partial charge in [-0.15, -0.1) is 5.10 Å². The minimum absolute atomic E-state index is 0.103. The second-order valence-corrected chi connectivity index (χ2v) is 7.10. The first kappa shape index (κ1) is 13.9. The fourth-order valence-corrected chi connectivity index (χ4v) is 4.57. The Morgan fingerprint density at radius 3 is 2.73 bits per heavy atom. The number of nitrogens with zero attached hydrogens (tertiary/aromatic N) is 4. The summed E-state index contributed by atoms with van der Waals surface area (Å²) in [6.07, 6.45) is 13.7. The van der Waals surface area contributed by atoms with Gasteiger partial charge in [0.05, 0.1) is 0 Å². The monoisotopic (exact) mass is 301 g/mol. The SMILES string of the molecule is O=C(NC[C@@H]1C[C@H]2C=C[C@H]1C2)C1(n2cnnn2)CCCCC1. The highest BCUT2D eigenvalue weighted by Crippen LogP contribution is 2.43. The third kappa shape index (κ3) is 2.25. The van der Waals surface area contributed by atoms with E-state index in [1.165, 1.54) is 19.3 Å². The molecule has 118 valence electrons. The Morgan fingerprint density at radius 2 is 2.09 bits per heavy atom. The van der Waals surface area contributed by atoms with Crippen LogP contribution >= 0.6 is 0 Å². The molecule has 3 aliphatic carbocycles. The van der Waals surface area contributed by atoms with Crippen molar-refractivity contribution in [2.75, 3.05) is 6.54 Å². The third-order valence-corrected chi connectivity index (χ3v) is 5.83. The Balaban J connectivity index is 1.46. The number of hydrogen-bond acceptors (Lipinski definition) is 4. The molecule has 22 heavy (non-hydrogen) atoms. The van der Waals surface area contributed by atoms with Crippen molar-refractivity contribution in [3.8, 4) is 0 Å². The highest BCUT2D eigenvalue weighted by Gasteiger charge is 2.43. The second-order valence-electron chi connectivity index (χ2n) is 7.10. The van der Waals surface area contributed by atoms with Crippen molar-refractivity contribution in [1.29, 1.82) is 0 Å². The van der Waals surface area contributed by atoms with E-state index in [4.69, 9.17) is 0 Å². The summed E-state index contributed by atoms with van der Waals surface area (Å²) in [6.45, 7) is 0.786. The van der Waals surface area contributed by atoms with Crippen molar-refractivity contribution in [2.45, 2.75) is 50.5 Å². The average Bonchev–Trinajstić information content (AvgIpc) is 3.30. The second kappa shape index (κ2) is 5.48. The highest BCUT2D eigenvalue weighted by atomic mass is 16.2. The zero-order valence-electron chi connectivity index (χ0n) is 12.8. The molecule has 0 aliphatic heterocycles. The lowest BCUT2D eigenvalue weighted by molar-refractivity contribution is -0.132. The van der Waals surface area contributed by atoms with Gasteiger partial charge in [-0.3, -0.25) is 4.79 Å². The van der Waals surface area contributed by atoms with Gasteiger partial charge in [0.15, 0.2) is 0 Å². The Hall–Kier alpha value is -1.72. The van der Waals surface area contributed by atoms with Gasteiger partial charge >= 0.3 is 0 Å². The number of rotatable bonds is 4. The molecular weight excluding hydrogens is 278 g/mol. The van der Waals surface area contributed by atoms with Crippen LogP contribution in [0.4, 0.5) is 0 Å². The van der Waals surface area contributed by atoms with Crippen LogP contribution in [0.5, 0.6) is 0 Å². The molecule has 2 saturated carbocycles. The van der Waals surface area contributed by atoms with Crippen molar-refractivity contribution < 1.29 is 4.79 Å². The summed E-state index contributed by atoms with van der Waals surface area (Å²) >= 11 is 0. The summed E-state index contributed by atoms with van der Waals surface area (Å²) in [5.41, 5.74) is -0.574. The van der Waals surface area contributed by atoms with Gasteiger partial charge in [-0.2, -0.15) is 0 Å². The molecule has 3 aliphatic rings. The molecular formula is C16H23N5O. The van der Waals surface area contributed by atoms with Gasteiger partial charge in [0.2, 0.25) is 5.91 Å².